The number of nitrogens with zero attached hydrogens (tertiary/aromatic N) is 1. The van der Waals surface area contributed by atoms with Crippen LogP contribution in [0.25, 0.3) is 10.6 Å². The van der Waals surface area contributed by atoms with E-state index in [2.05, 4.69) is 15.8 Å². The normalized spacial score (nSPS) is 10.4. The predicted molar refractivity (Wildman–Crippen MR) is 91.1 cm³/mol. The second-order valence-electron chi connectivity index (χ2n) is 4.81. The van der Waals surface area contributed by atoms with Crippen molar-refractivity contribution in [1.29, 1.82) is 0 Å². The molecule has 0 unspecified atom stereocenters. The fourth-order valence-corrected chi connectivity index (χ4v) is 3.38. The van der Waals surface area contributed by atoms with E-state index in [4.69, 9.17) is 0 Å². The summed E-state index contributed by atoms with van der Waals surface area (Å²) in [6.07, 6.45) is 0.0243. The molecule has 0 saturated heterocycles. The van der Waals surface area contributed by atoms with Gasteiger partial charge < -0.3 is 0 Å². The average molecular weight is 361 g/mol. The van der Waals surface area contributed by atoms with E-state index in [-0.39, 0.29) is 24.1 Å². The molecule has 0 aliphatic heterocycles. The van der Waals surface area contributed by atoms with E-state index in [9.17, 15) is 14.0 Å². The van der Waals surface area contributed by atoms with Gasteiger partial charge in [-0.3, -0.25) is 20.4 Å². The lowest BCUT2D eigenvalue weighted by molar-refractivity contribution is -0.121. The summed E-state index contributed by atoms with van der Waals surface area (Å²) in [7, 11) is 0. The van der Waals surface area contributed by atoms with Crippen molar-refractivity contribution in [2.45, 2.75) is 6.42 Å². The third kappa shape index (κ3) is 4.03. The zero-order valence-corrected chi connectivity index (χ0v) is 13.9. The van der Waals surface area contributed by atoms with Crippen molar-refractivity contribution >= 4 is 34.5 Å². The van der Waals surface area contributed by atoms with E-state index in [0.29, 0.717) is 21.1 Å². The Labute approximate surface area is 145 Å². The highest BCUT2D eigenvalue weighted by molar-refractivity contribution is 7.13. The molecule has 122 valence electrons. The van der Waals surface area contributed by atoms with Crippen molar-refractivity contribution < 1.29 is 14.0 Å². The molecule has 0 fully saturated rings. The van der Waals surface area contributed by atoms with Gasteiger partial charge in [0, 0.05) is 10.9 Å². The molecule has 3 rings (SSSR count). The summed E-state index contributed by atoms with van der Waals surface area (Å²) in [6, 6.07) is 9.54. The van der Waals surface area contributed by atoms with Crippen molar-refractivity contribution in [3.8, 4) is 10.6 Å². The van der Waals surface area contributed by atoms with E-state index in [0.717, 1.165) is 0 Å². The van der Waals surface area contributed by atoms with Gasteiger partial charge >= 0.3 is 0 Å². The zero-order valence-electron chi connectivity index (χ0n) is 12.3. The van der Waals surface area contributed by atoms with Crippen LogP contribution in [0.5, 0.6) is 0 Å². The summed E-state index contributed by atoms with van der Waals surface area (Å²) in [5.41, 5.74) is 5.92. The summed E-state index contributed by atoms with van der Waals surface area (Å²) in [5, 5.41) is 4.15. The highest BCUT2D eigenvalue weighted by Crippen LogP contribution is 2.24. The molecular weight excluding hydrogens is 349 g/mol. The maximum atomic E-state index is 13.2. The maximum Gasteiger partial charge on any atom is 0.279 e. The average Bonchev–Trinajstić information content (AvgIpc) is 3.24. The SMILES string of the molecule is O=C(Cc1csc(-c2cccc(F)c2)n1)NNC(=O)c1cccs1. The number of hydrogen-bond donors (Lipinski definition) is 2. The van der Waals surface area contributed by atoms with Gasteiger partial charge in [-0.2, -0.15) is 0 Å². The largest absolute Gasteiger partial charge is 0.279 e. The zero-order chi connectivity index (χ0) is 16.9. The Kier molecular flexibility index (Phi) is 4.97. The van der Waals surface area contributed by atoms with Gasteiger partial charge in [-0.25, -0.2) is 9.37 Å². The van der Waals surface area contributed by atoms with Gasteiger partial charge in [-0.1, -0.05) is 18.2 Å². The fourth-order valence-electron chi connectivity index (χ4n) is 1.95. The second kappa shape index (κ2) is 7.33. The molecule has 5 nitrogen and oxygen atoms in total. The highest BCUT2D eigenvalue weighted by atomic mass is 32.1. The first-order valence-electron chi connectivity index (χ1n) is 6.95. The Hall–Kier alpha value is -2.58. The number of rotatable bonds is 4. The first-order valence-corrected chi connectivity index (χ1v) is 8.71. The number of hydrazine groups is 1. The van der Waals surface area contributed by atoms with Crippen molar-refractivity contribution in [2.24, 2.45) is 0 Å². The van der Waals surface area contributed by atoms with Crippen LogP contribution in [0.15, 0.2) is 47.2 Å². The molecule has 0 aliphatic rings. The molecule has 8 heteroatoms. The van der Waals surface area contributed by atoms with Gasteiger partial charge in [-0.15, -0.1) is 22.7 Å². The third-order valence-corrected chi connectivity index (χ3v) is 4.83. The van der Waals surface area contributed by atoms with Crippen LogP contribution in [0.2, 0.25) is 0 Å². The Balaban J connectivity index is 1.56. The number of carbonyl (C=O) groups excluding carboxylic acids is 2. The highest BCUT2D eigenvalue weighted by Gasteiger charge is 2.11. The molecule has 0 bridgehead atoms. The molecule has 3 aromatic rings. The minimum atomic E-state index is -0.379. The van der Waals surface area contributed by atoms with Gasteiger partial charge in [0.05, 0.1) is 17.0 Å². The van der Waals surface area contributed by atoms with E-state index >= 15 is 0 Å². The lowest BCUT2D eigenvalue weighted by Crippen LogP contribution is -2.42. The van der Waals surface area contributed by atoms with Gasteiger partial charge in [0.2, 0.25) is 5.91 Å². The van der Waals surface area contributed by atoms with Crippen LogP contribution in [0.4, 0.5) is 4.39 Å². The van der Waals surface area contributed by atoms with Crippen LogP contribution in [0.1, 0.15) is 15.4 Å². The van der Waals surface area contributed by atoms with Crippen molar-refractivity contribution in [2.75, 3.05) is 0 Å². The molecule has 2 aromatic heterocycles. The summed E-state index contributed by atoms with van der Waals surface area (Å²) in [6.45, 7) is 0. The Morgan fingerprint density at radius 2 is 2.00 bits per heavy atom. The van der Waals surface area contributed by atoms with E-state index in [1.54, 1.807) is 35.0 Å². The topological polar surface area (TPSA) is 71.1 Å². The molecule has 24 heavy (non-hydrogen) atoms. The standard InChI is InChI=1S/C16H12FN3O2S2/c17-11-4-1-3-10(7-11)16-18-12(9-24-16)8-14(21)19-20-15(22)13-5-2-6-23-13/h1-7,9H,8H2,(H,19,21)(H,20,22). The van der Waals surface area contributed by atoms with Crippen molar-refractivity contribution in [1.82, 2.24) is 15.8 Å². The number of carbonyl (C=O) groups is 2. The summed E-state index contributed by atoms with van der Waals surface area (Å²) >= 11 is 2.62. The van der Waals surface area contributed by atoms with E-state index in [1.165, 1.54) is 34.8 Å². The molecule has 0 aliphatic carbocycles. The van der Waals surface area contributed by atoms with Gasteiger partial charge in [0.1, 0.15) is 10.8 Å². The summed E-state index contributed by atoms with van der Waals surface area (Å²) in [5.74, 6) is -1.08. The number of thiazole rings is 1. The molecule has 0 radical (unpaired) electrons. The molecule has 2 amide bonds. The first kappa shape index (κ1) is 16.3. The number of halogens is 1. The molecular formula is C16H12FN3O2S2. The minimum absolute atomic E-state index is 0.0243. The lowest BCUT2D eigenvalue weighted by atomic mass is 10.2. The van der Waals surface area contributed by atoms with Crippen LogP contribution in [0, 0.1) is 5.82 Å². The maximum absolute atomic E-state index is 13.2. The second-order valence-corrected chi connectivity index (χ2v) is 6.62. The van der Waals surface area contributed by atoms with Crippen LogP contribution in [0.3, 0.4) is 0 Å². The number of hydrogen-bond acceptors (Lipinski definition) is 5. The third-order valence-electron chi connectivity index (χ3n) is 3.03. The number of thiophene rings is 1. The fraction of sp³-hybridized carbons (Fsp3) is 0.0625. The van der Waals surface area contributed by atoms with Crippen LogP contribution in [-0.2, 0) is 11.2 Å². The Morgan fingerprint density at radius 1 is 1.12 bits per heavy atom. The van der Waals surface area contributed by atoms with Gasteiger partial charge in [0.25, 0.3) is 5.91 Å². The van der Waals surface area contributed by atoms with Crippen LogP contribution in [-0.4, -0.2) is 16.8 Å². The molecule has 2 N–H and O–H groups in total. The van der Waals surface area contributed by atoms with Crippen molar-refractivity contribution in [3.05, 3.63) is 63.5 Å². The van der Waals surface area contributed by atoms with Crippen molar-refractivity contribution in [3.63, 3.8) is 0 Å². The van der Waals surface area contributed by atoms with E-state index < -0.39 is 0 Å². The van der Waals surface area contributed by atoms with Crippen LogP contribution >= 0.6 is 22.7 Å². The smallest absolute Gasteiger partial charge is 0.273 e. The van der Waals surface area contributed by atoms with Gasteiger partial charge in [-0.05, 0) is 23.6 Å². The molecule has 0 saturated carbocycles. The molecule has 0 spiro atoms. The number of amides is 2. The first-order chi connectivity index (χ1) is 11.6. The van der Waals surface area contributed by atoms with Gasteiger partial charge in [0.15, 0.2) is 0 Å². The number of benzene rings is 1. The summed E-state index contributed by atoms with van der Waals surface area (Å²) < 4.78 is 13.2. The molecule has 1 aromatic carbocycles. The number of nitrogens with one attached hydrogen (secondary N) is 2. The monoisotopic (exact) mass is 361 g/mol. The van der Waals surface area contributed by atoms with Crippen LogP contribution < -0.4 is 10.9 Å². The lowest BCUT2D eigenvalue weighted by Gasteiger charge is -2.04. The molecule has 0 atom stereocenters. The molecule has 2 heterocycles. The minimum Gasteiger partial charge on any atom is -0.273 e. The van der Waals surface area contributed by atoms with E-state index in [1.807, 2.05) is 0 Å². The number of aromatic nitrogens is 1. The summed E-state index contributed by atoms with van der Waals surface area (Å²) in [4.78, 5) is 28.4. The Morgan fingerprint density at radius 3 is 2.75 bits per heavy atom. The predicted octanol–water partition coefficient (Wildman–Crippen LogP) is 3.01. The quantitative estimate of drug-likeness (QED) is 0.702. The Bertz CT molecular complexity index is 862.